The summed E-state index contributed by atoms with van der Waals surface area (Å²) in [4.78, 5) is 22.2. The molecule has 0 N–H and O–H groups in total. The fourth-order valence-corrected chi connectivity index (χ4v) is 2.45. The van der Waals surface area contributed by atoms with Gasteiger partial charge >= 0.3 is 11.7 Å². The van der Waals surface area contributed by atoms with Gasteiger partial charge in [-0.1, -0.05) is 17.3 Å². The Morgan fingerprint density at radius 2 is 1.96 bits per heavy atom. The van der Waals surface area contributed by atoms with Crippen molar-refractivity contribution in [1.82, 2.24) is 5.16 Å². The van der Waals surface area contributed by atoms with E-state index in [9.17, 15) is 14.9 Å². The van der Waals surface area contributed by atoms with E-state index in [1.54, 1.807) is 49.4 Å². The van der Waals surface area contributed by atoms with Crippen molar-refractivity contribution in [2.75, 3.05) is 6.61 Å². The number of hydrogen-bond donors (Lipinski definition) is 0. The Kier molecular flexibility index (Phi) is 5.16. The van der Waals surface area contributed by atoms with Crippen molar-refractivity contribution < 1.29 is 23.4 Å². The Hall–Kier alpha value is -3.68. The largest absolute Gasteiger partial charge is 0.462 e. The number of aryl methyl sites for hydroxylation is 1. The Balaban J connectivity index is 1.77. The number of benzene rings is 1. The zero-order valence-corrected chi connectivity index (χ0v) is 14.7. The molecule has 0 saturated carbocycles. The monoisotopic (exact) mass is 368 g/mol. The lowest BCUT2D eigenvalue weighted by atomic mass is 10.1. The van der Waals surface area contributed by atoms with Crippen LogP contribution in [0.4, 0.5) is 5.69 Å². The van der Waals surface area contributed by atoms with Gasteiger partial charge in [0.2, 0.25) is 5.76 Å². The number of hydrogen-bond acceptors (Lipinski definition) is 7. The lowest BCUT2D eigenvalue weighted by Crippen LogP contribution is -2.03. The minimum absolute atomic E-state index is 0.0502. The highest BCUT2D eigenvalue weighted by Crippen LogP contribution is 2.27. The first-order chi connectivity index (χ1) is 13.0. The van der Waals surface area contributed by atoms with Crippen LogP contribution in [0.2, 0.25) is 0 Å². The summed E-state index contributed by atoms with van der Waals surface area (Å²) < 4.78 is 15.6. The number of ether oxygens (including phenoxy) is 1. The van der Waals surface area contributed by atoms with Crippen molar-refractivity contribution in [2.24, 2.45) is 0 Å². The molecule has 3 aromatic rings. The molecule has 0 radical (unpaired) electrons. The number of nitro groups is 1. The van der Waals surface area contributed by atoms with Crippen LogP contribution in [0.3, 0.4) is 0 Å². The van der Waals surface area contributed by atoms with Crippen LogP contribution in [0.15, 0.2) is 45.3 Å². The van der Waals surface area contributed by atoms with Crippen LogP contribution in [0.1, 0.15) is 34.5 Å². The molecule has 0 atom stereocenters. The van der Waals surface area contributed by atoms with E-state index in [1.165, 1.54) is 13.0 Å². The summed E-state index contributed by atoms with van der Waals surface area (Å²) in [5.41, 5.74) is 1.28. The van der Waals surface area contributed by atoms with E-state index in [4.69, 9.17) is 13.7 Å². The van der Waals surface area contributed by atoms with Gasteiger partial charge in [0.1, 0.15) is 11.5 Å². The summed E-state index contributed by atoms with van der Waals surface area (Å²) >= 11 is 0. The fourth-order valence-electron chi connectivity index (χ4n) is 2.45. The van der Waals surface area contributed by atoms with Crippen molar-refractivity contribution in [1.29, 1.82) is 0 Å². The summed E-state index contributed by atoms with van der Waals surface area (Å²) in [5, 5.41) is 14.6. The number of aromatic nitrogens is 1. The van der Waals surface area contributed by atoms with Gasteiger partial charge in [0.15, 0.2) is 5.69 Å². The van der Waals surface area contributed by atoms with Crippen LogP contribution < -0.4 is 0 Å². The molecule has 3 rings (SSSR count). The molecule has 8 nitrogen and oxygen atoms in total. The smallest absolute Gasteiger partial charge is 0.338 e. The number of furan rings is 1. The van der Waals surface area contributed by atoms with Crippen molar-refractivity contribution in [3.05, 3.63) is 69.3 Å². The first-order valence-electron chi connectivity index (χ1n) is 8.15. The molecule has 0 bridgehead atoms. The summed E-state index contributed by atoms with van der Waals surface area (Å²) in [7, 11) is 0. The lowest BCUT2D eigenvalue weighted by molar-refractivity contribution is -0.386. The highest BCUT2D eigenvalue weighted by atomic mass is 16.6. The molecule has 0 aliphatic rings. The highest BCUT2D eigenvalue weighted by molar-refractivity contribution is 5.90. The quantitative estimate of drug-likeness (QED) is 0.358. The number of carbonyl (C=O) groups excluding carboxylic acids is 1. The van der Waals surface area contributed by atoms with Crippen LogP contribution >= 0.6 is 0 Å². The first-order valence-corrected chi connectivity index (χ1v) is 8.15. The van der Waals surface area contributed by atoms with Crippen LogP contribution in [0.5, 0.6) is 0 Å². The zero-order valence-electron chi connectivity index (χ0n) is 14.7. The van der Waals surface area contributed by atoms with Gasteiger partial charge in [-0.15, -0.1) is 0 Å². The van der Waals surface area contributed by atoms with E-state index >= 15 is 0 Å². The Labute approximate surface area is 154 Å². The van der Waals surface area contributed by atoms with Crippen LogP contribution in [0.25, 0.3) is 23.5 Å². The maximum Gasteiger partial charge on any atom is 0.338 e. The lowest BCUT2D eigenvalue weighted by Gasteiger charge is -2.02. The Bertz CT molecular complexity index is 998. The molecular weight excluding hydrogens is 352 g/mol. The predicted molar refractivity (Wildman–Crippen MR) is 96.9 cm³/mol. The maximum absolute atomic E-state index is 11.7. The van der Waals surface area contributed by atoms with Crippen molar-refractivity contribution in [2.45, 2.75) is 13.8 Å². The summed E-state index contributed by atoms with van der Waals surface area (Å²) in [6, 6.07) is 10.3. The van der Waals surface area contributed by atoms with Gasteiger partial charge in [-0.25, -0.2) is 4.79 Å². The molecule has 138 valence electrons. The summed E-state index contributed by atoms with van der Waals surface area (Å²) in [5.74, 6) is 0.751. The average Bonchev–Trinajstić information content (AvgIpc) is 3.27. The molecule has 0 fully saturated rings. The topological polar surface area (TPSA) is 109 Å². The van der Waals surface area contributed by atoms with E-state index in [0.717, 1.165) is 5.56 Å². The maximum atomic E-state index is 11.7. The third-order valence-corrected chi connectivity index (χ3v) is 3.75. The minimum atomic E-state index is -0.538. The Morgan fingerprint density at radius 1 is 1.22 bits per heavy atom. The molecule has 2 aromatic heterocycles. The van der Waals surface area contributed by atoms with Gasteiger partial charge in [0.05, 0.1) is 17.1 Å². The molecule has 0 aliphatic carbocycles. The van der Waals surface area contributed by atoms with Gasteiger partial charge in [0, 0.05) is 5.56 Å². The fraction of sp³-hybridized carbons (Fsp3) is 0.158. The standard InChI is InChI=1S/C19H16N2O6/c1-3-25-19(22)14-6-4-13(5-7-14)16-10-8-15(26-16)9-11-17-18(21(23)24)12(2)20-27-17/h4-11H,3H2,1-2H3/b11-9+. The molecule has 1 aromatic carbocycles. The Morgan fingerprint density at radius 3 is 2.63 bits per heavy atom. The molecule has 0 spiro atoms. The van der Waals surface area contributed by atoms with Crippen molar-refractivity contribution in [3.63, 3.8) is 0 Å². The third kappa shape index (κ3) is 3.95. The van der Waals surface area contributed by atoms with Crippen LogP contribution in [-0.2, 0) is 4.74 Å². The molecule has 0 amide bonds. The van der Waals surface area contributed by atoms with Gasteiger partial charge in [-0.2, -0.15) is 0 Å². The van der Waals surface area contributed by atoms with E-state index in [1.807, 2.05) is 0 Å². The van der Waals surface area contributed by atoms with Crippen LogP contribution in [0, 0.1) is 17.0 Å². The predicted octanol–water partition coefficient (Wildman–Crippen LogP) is 4.50. The molecule has 0 unspecified atom stereocenters. The third-order valence-electron chi connectivity index (χ3n) is 3.75. The number of rotatable bonds is 6. The number of esters is 1. The molecule has 0 aliphatic heterocycles. The SMILES string of the molecule is CCOC(=O)c1ccc(-c2ccc(/C=C/c3onc(C)c3[N+](=O)[O-])o2)cc1. The second-order valence-corrected chi connectivity index (χ2v) is 5.57. The number of nitrogens with zero attached hydrogens (tertiary/aromatic N) is 2. The van der Waals surface area contributed by atoms with E-state index in [-0.39, 0.29) is 23.1 Å². The highest BCUT2D eigenvalue weighted by Gasteiger charge is 2.22. The molecule has 0 saturated heterocycles. The van der Waals surface area contributed by atoms with Gasteiger partial charge in [-0.3, -0.25) is 10.1 Å². The van der Waals surface area contributed by atoms with Crippen molar-refractivity contribution >= 4 is 23.8 Å². The molecule has 8 heteroatoms. The summed E-state index contributed by atoms with van der Waals surface area (Å²) in [6.07, 6.45) is 2.99. The molecule has 27 heavy (non-hydrogen) atoms. The number of carbonyl (C=O) groups is 1. The average molecular weight is 368 g/mol. The van der Waals surface area contributed by atoms with Crippen molar-refractivity contribution in [3.8, 4) is 11.3 Å². The first kappa shape index (κ1) is 18.1. The van der Waals surface area contributed by atoms with E-state index in [0.29, 0.717) is 23.7 Å². The van der Waals surface area contributed by atoms with Gasteiger partial charge in [-0.05, 0) is 50.3 Å². The second kappa shape index (κ2) is 7.69. The second-order valence-electron chi connectivity index (χ2n) is 5.57. The zero-order chi connectivity index (χ0) is 19.4. The van der Waals surface area contributed by atoms with Crippen LogP contribution in [-0.4, -0.2) is 22.7 Å². The molecule has 2 heterocycles. The van der Waals surface area contributed by atoms with Gasteiger partial charge in [0.25, 0.3) is 0 Å². The minimum Gasteiger partial charge on any atom is -0.462 e. The van der Waals surface area contributed by atoms with E-state index in [2.05, 4.69) is 5.16 Å². The molecular formula is C19H16N2O6. The van der Waals surface area contributed by atoms with E-state index < -0.39 is 4.92 Å². The normalized spacial score (nSPS) is 11.0. The van der Waals surface area contributed by atoms with Gasteiger partial charge < -0.3 is 13.7 Å². The summed E-state index contributed by atoms with van der Waals surface area (Å²) in [6.45, 7) is 3.57.